The van der Waals surface area contributed by atoms with Gasteiger partial charge in [-0.1, -0.05) is 41.9 Å². The van der Waals surface area contributed by atoms with Crippen molar-refractivity contribution < 1.29 is 24.2 Å². The maximum absolute atomic E-state index is 13.0. The number of rotatable bonds is 8. The van der Waals surface area contributed by atoms with Gasteiger partial charge in [-0.25, -0.2) is 0 Å². The van der Waals surface area contributed by atoms with Crippen LogP contribution in [0.15, 0.2) is 54.1 Å². The SMILES string of the molecule is CCOc1ccc(Cl)c(/C(O)=C2\C(=O)C(=O)N(CCCOC)C2c2ccccc2)c1. The van der Waals surface area contributed by atoms with Gasteiger partial charge in [-0.3, -0.25) is 9.59 Å². The number of Topliss-reactive ketones (excluding diaryl/α,β-unsaturated/α-hetero) is 1. The monoisotopic (exact) mass is 429 g/mol. The standard InChI is InChI=1S/C23H24ClNO5/c1-3-30-16-10-11-18(24)17(14-16)21(26)19-20(15-8-5-4-6-9-15)25(12-7-13-29-2)23(28)22(19)27/h4-6,8-11,14,20,26H,3,7,12-13H2,1-2H3/b21-19+. The van der Waals surface area contributed by atoms with Crippen LogP contribution in [0.1, 0.15) is 30.5 Å². The maximum atomic E-state index is 13.0. The molecule has 6 nitrogen and oxygen atoms in total. The summed E-state index contributed by atoms with van der Waals surface area (Å²) in [6, 6.07) is 13.3. The number of methoxy groups -OCH3 is 1. The first-order valence-corrected chi connectivity index (χ1v) is 10.1. The minimum atomic E-state index is -0.739. The second kappa shape index (κ2) is 9.78. The fraction of sp³-hybridized carbons (Fsp3) is 0.304. The molecular formula is C23H24ClNO5. The summed E-state index contributed by atoms with van der Waals surface area (Å²) in [6.45, 7) is 3.05. The molecule has 1 N–H and O–H groups in total. The molecule has 2 aromatic rings. The Labute approximate surface area is 180 Å². The Bertz CT molecular complexity index is 957. The van der Waals surface area contributed by atoms with E-state index in [1.54, 1.807) is 25.3 Å². The van der Waals surface area contributed by atoms with E-state index in [-0.39, 0.29) is 21.9 Å². The van der Waals surface area contributed by atoms with E-state index in [4.69, 9.17) is 21.1 Å². The number of amides is 1. The molecule has 158 valence electrons. The molecule has 1 fully saturated rings. The van der Waals surface area contributed by atoms with Gasteiger partial charge in [-0.15, -0.1) is 0 Å². The van der Waals surface area contributed by atoms with E-state index in [0.717, 1.165) is 5.56 Å². The lowest BCUT2D eigenvalue weighted by Gasteiger charge is -2.25. The van der Waals surface area contributed by atoms with Crippen LogP contribution < -0.4 is 4.74 Å². The van der Waals surface area contributed by atoms with Crippen LogP contribution in [0.2, 0.25) is 5.02 Å². The number of hydrogen-bond donors (Lipinski definition) is 1. The molecule has 0 radical (unpaired) electrons. The molecule has 3 rings (SSSR count). The summed E-state index contributed by atoms with van der Waals surface area (Å²) in [4.78, 5) is 27.2. The molecule has 0 bridgehead atoms. The van der Waals surface area contributed by atoms with E-state index >= 15 is 0 Å². The molecule has 30 heavy (non-hydrogen) atoms. The van der Waals surface area contributed by atoms with Crippen molar-refractivity contribution in [2.24, 2.45) is 0 Å². The molecule has 0 aliphatic carbocycles. The predicted octanol–water partition coefficient (Wildman–Crippen LogP) is 4.20. The summed E-state index contributed by atoms with van der Waals surface area (Å²) in [5.74, 6) is -1.20. The van der Waals surface area contributed by atoms with Crippen LogP contribution in [0, 0.1) is 0 Å². The number of hydrogen-bond acceptors (Lipinski definition) is 5. The minimum Gasteiger partial charge on any atom is -0.507 e. The van der Waals surface area contributed by atoms with E-state index in [2.05, 4.69) is 0 Å². The number of carbonyl (C=O) groups excluding carboxylic acids is 2. The smallest absolute Gasteiger partial charge is 0.295 e. The van der Waals surface area contributed by atoms with Gasteiger partial charge in [0.1, 0.15) is 11.5 Å². The van der Waals surface area contributed by atoms with Crippen LogP contribution in [0.3, 0.4) is 0 Å². The second-order valence-electron chi connectivity index (χ2n) is 6.82. The Morgan fingerprint density at radius 2 is 1.90 bits per heavy atom. The number of ether oxygens (including phenoxy) is 2. The average Bonchev–Trinajstić information content (AvgIpc) is 3.00. The highest BCUT2D eigenvalue weighted by atomic mass is 35.5. The third-order valence-electron chi connectivity index (χ3n) is 4.91. The van der Waals surface area contributed by atoms with Crippen molar-refractivity contribution in [1.29, 1.82) is 0 Å². The van der Waals surface area contributed by atoms with Crippen LogP contribution in [-0.2, 0) is 14.3 Å². The number of ketones is 1. The molecule has 1 atom stereocenters. The zero-order valence-electron chi connectivity index (χ0n) is 16.9. The topological polar surface area (TPSA) is 76.1 Å². The average molecular weight is 430 g/mol. The Morgan fingerprint density at radius 3 is 2.57 bits per heavy atom. The molecule has 1 amide bonds. The summed E-state index contributed by atoms with van der Waals surface area (Å²) in [6.07, 6.45) is 0.563. The molecule has 2 aromatic carbocycles. The van der Waals surface area contributed by atoms with Gasteiger partial charge in [0.25, 0.3) is 11.7 Å². The minimum absolute atomic E-state index is 0.0131. The van der Waals surface area contributed by atoms with Crippen molar-refractivity contribution >= 4 is 29.1 Å². The maximum Gasteiger partial charge on any atom is 0.295 e. The van der Waals surface area contributed by atoms with Crippen LogP contribution in [0.5, 0.6) is 5.75 Å². The molecule has 0 aromatic heterocycles. The number of aliphatic hydroxyl groups is 1. The fourth-order valence-corrected chi connectivity index (χ4v) is 3.77. The fourth-order valence-electron chi connectivity index (χ4n) is 3.56. The predicted molar refractivity (Wildman–Crippen MR) is 115 cm³/mol. The van der Waals surface area contributed by atoms with Crippen molar-refractivity contribution in [3.05, 3.63) is 70.3 Å². The van der Waals surface area contributed by atoms with Crippen molar-refractivity contribution in [2.75, 3.05) is 26.9 Å². The van der Waals surface area contributed by atoms with Crippen molar-refractivity contribution in [3.8, 4) is 5.75 Å². The highest BCUT2D eigenvalue weighted by Crippen LogP contribution is 2.41. The van der Waals surface area contributed by atoms with Gasteiger partial charge >= 0.3 is 0 Å². The number of halogens is 1. The normalized spacial score (nSPS) is 18.1. The van der Waals surface area contributed by atoms with Crippen molar-refractivity contribution in [2.45, 2.75) is 19.4 Å². The Kier molecular flexibility index (Phi) is 7.13. The highest BCUT2D eigenvalue weighted by molar-refractivity contribution is 6.47. The molecule has 1 aliphatic heterocycles. The number of carbonyl (C=O) groups is 2. The van der Waals surface area contributed by atoms with Crippen LogP contribution in [0.25, 0.3) is 5.76 Å². The zero-order valence-corrected chi connectivity index (χ0v) is 17.7. The van der Waals surface area contributed by atoms with E-state index in [0.29, 0.717) is 31.9 Å². The second-order valence-corrected chi connectivity index (χ2v) is 7.23. The summed E-state index contributed by atoms with van der Waals surface area (Å²) in [5.41, 5.74) is 0.991. The van der Waals surface area contributed by atoms with E-state index in [9.17, 15) is 14.7 Å². The van der Waals surface area contributed by atoms with Crippen LogP contribution in [-0.4, -0.2) is 48.6 Å². The largest absolute Gasteiger partial charge is 0.507 e. The van der Waals surface area contributed by atoms with Gasteiger partial charge in [0.15, 0.2) is 0 Å². The third-order valence-corrected chi connectivity index (χ3v) is 5.24. The van der Waals surface area contributed by atoms with Gasteiger partial charge in [0.2, 0.25) is 0 Å². The summed E-state index contributed by atoms with van der Waals surface area (Å²) in [7, 11) is 1.58. The molecule has 1 saturated heterocycles. The summed E-state index contributed by atoms with van der Waals surface area (Å²) >= 11 is 6.31. The molecule has 1 unspecified atom stereocenters. The number of nitrogens with zero attached hydrogens (tertiary/aromatic N) is 1. The highest BCUT2D eigenvalue weighted by Gasteiger charge is 2.45. The first kappa shape index (κ1) is 21.9. The quantitative estimate of drug-likeness (QED) is 0.294. The first-order valence-electron chi connectivity index (χ1n) is 9.74. The molecular weight excluding hydrogens is 406 g/mol. The van der Waals surface area contributed by atoms with Gasteiger partial charge < -0.3 is 19.5 Å². The third kappa shape index (κ3) is 4.35. The summed E-state index contributed by atoms with van der Waals surface area (Å²) in [5, 5.41) is 11.4. The Hall–Kier alpha value is -2.83. The van der Waals surface area contributed by atoms with E-state index in [1.165, 1.54) is 4.90 Å². The van der Waals surface area contributed by atoms with Gasteiger partial charge in [-0.05, 0) is 37.1 Å². The molecule has 0 saturated carbocycles. The van der Waals surface area contributed by atoms with E-state index in [1.807, 2.05) is 37.3 Å². The van der Waals surface area contributed by atoms with Crippen LogP contribution in [0.4, 0.5) is 0 Å². The van der Waals surface area contributed by atoms with Crippen molar-refractivity contribution in [3.63, 3.8) is 0 Å². The number of aliphatic hydroxyl groups excluding tert-OH is 1. The summed E-state index contributed by atoms with van der Waals surface area (Å²) < 4.78 is 10.6. The van der Waals surface area contributed by atoms with Crippen molar-refractivity contribution in [1.82, 2.24) is 4.90 Å². The van der Waals surface area contributed by atoms with Crippen LogP contribution >= 0.6 is 11.6 Å². The lowest BCUT2D eigenvalue weighted by molar-refractivity contribution is -0.140. The Balaban J connectivity index is 2.13. The lowest BCUT2D eigenvalue weighted by atomic mass is 9.95. The lowest BCUT2D eigenvalue weighted by Crippen LogP contribution is -2.31. The molecule has 7 heteroatoms. The first-order chi connectivity index (χ1) is 14.5. The Morgan fingerprint density at radius 1 is 1.17 bits per heavy atom. The number of benzene rings is 2. The van der Waals surface area contributed by atoms with Gasteiger partial charge in [0, 0.05) is 25.8 Å². The van der Waals surface area contributed by atoms with Gasteiger partial charge in [0.05, 0.1) is 23.2 Å². The van der Waals surface area contributed by atoms with Gasteiger partial charge in [-0.2, -0.15) is 0 Å². The van der Waals surface area contributed by atoms with E-state index < -0.39 is 17.7 Å². The zero-order chi connectivity index (χ0) is 21.7. The molecule has 1 heterocycles. The molecule has 0 spiro atoms. The molecule has 1 aliphatic rings. The number of likely N-dealkylation sites (tertiary alicyclic amines) is 1.